The van der Waals surface area contributed by atoms with Crippen LogP contribution in [0.3, 0.4) is 0 Å². The van der Waals surface area contributed by atoms with E-state index in [2.05, 4.69) is 10.3 Å². The first-order chi connectivity index (χ1) is 9.29. The molecule has 0 saturated heterocycles. The lowest BCUT2D eigenvalue weighted by Crippen LogP contribution is -2.29. The monoisotopic (exact) mass is 255 g/mol. The molecule has 4 heteroatoms. The number of aromatic nitrogens is 1. The Hall–Kier alpha value is -1.94. The van der Waals surface area contributed by atoms with E-state index in [-0.39, 0.29) is 5.91 Å². The maximum Gasteiger partial charge on any atom is 0.252 e. The van der Waals surface area contributed by atoms with E-state index in [4.69, 9.17) is 5.73 Å². The fourth-order valence-electron chi connectivity index (χ4n) is 2.25. The number of nitrogens with two attached hydrogens (primary N) is 1. The van der Waals surface area contributed by atoms with Crippen LogP contribution in [0.1, 0.15) is 34.8 Å². The van der Waals surface area contributed by atoms with E-state index >= 15 is 0 Å². The molecule has 1 heterocycles. The van der Waals surface area contributed by atoms with Crippen LogP contribution in [-0.4, -0.2) is 24.0 Å². The van der Waals surface area contributed by atoms with Crippen molar-refractivity contribution in [2.24, 2.45) is 5.73 Å². The number of nitrogens with zero attached hydrogens (tertiary/aromatic N) is 1. The number of carbonyl (C=O) groups is 1. The van der Waals surface area contributed by atoms with Gasteiger partial charge in [0.15, 0.2) is 0 Å². The van der Waals surface area contributed by atoms with E-state index < -0.39 is 0 Å². The minimum atomic E-state index is -0.0639. The topological polar surface area (TPSA) is 68.0 Å². The molecule has 1 aliphatic carbocycles. The van der Waals surface area contributed by atoms with E-state index in [1.54, 1.807) is 0 Å². The third-order valence-electron chi connectivity index (χ3n) is 3.41. The van der Waals surface area contributed by atoms with Crippen molar-refractivity contribution >= 4 is 16.8 Å². The van der Waals surface area contributed by atoms with Crippen LogP contribution in [0.2, 0.25) is 0 Å². The maximum atomic E-state index is 12.2. The zero-order valence-corrected chi connectivity index (χ0v) is 10.7. The van der Waals surface area contributed by atoms with Crippen molar-refractivity contribution in [2.45, 2.75) is 18.8 Å². The highest BCUT2D eigenvalue weighted by Crippen LogP contribution is 2.40. The van der Waals surface area contributed by atoms with Crippen LogP contribution < -0.4 is 11.1 Å². The van der Waals surface area contributed by atoms with Crippen molar-refractivity contribution in [3.05, 3.63) is 41.6 Å². The zero-order chi connectivity index (χ0) is 13.2. The molecular weight excluding hydrogens is 238 g/mol. The summed E-state index contributed by atoms with van der Waals surface area (Å²) >= 11 is 0. The van der Waals surface area contributed by atoms with Crippen LogP contribution in [0.5, 0.6) is 0 Å². The van der Waals surface area contributed by atoms with Gasteiger partial charge in [-0.3, -0.25) is 9.78 Å². The summed E-state index contributed by atoms with van der Waals surface area (Å²) < 4.78 is 0. The van der Waals surface area contributed by atoms with Gasteiger partial charge in [-0.15, -0.1) is 0 Å². The van der Waals surface area contributed by atoms with E-state index in [9.17, 15) is 4.79 Å². The van der Waals surface area contributed by atoms with Crippen molar-refractivity contribution in [1.82, 2.24) is 10.3 Å². The number of hydrogen-bond donors (Lipinski definition) is 2. The molecule has 3 rings (SSSR count). The van der Waals surface area contributed by atoms with E-state index in [1.807, 2.05) is 30.3 Å². The van der Waals surface area contributed by atoms with Crippen LogP contribution in [-0.2, 0) is 0 Å². The van der Waals surface area contributed by atoms with E-state index in [0.717, 1.165) is 16.6 Å². The van der Waals surface area contributed by atoms with Gasteiger partial charge in [0.1, 0.15) is 0 Å². The molecule has 0 bridgehead atoms. The fraction of sp³-hybridized carbons (Fsp3) is 0.333. The van der Waals surface area contributed by atoms with Gasteiger partial charge in [0.2, 0.25) is 0 Å². The van der Waals surface area contributed by atoms with Crippen molar-refractivity contribution in [3.63, 3.8) is 0 Å². The number of para-hydroxylation sites is 1. The molecule has 1 saturated carbocycles. The van der Waals surface area contributed by atoms with Crippen molar-refractivity contribution in [3.8, 4) is 0 Å². The third kappa shape index (κ3) is 2.44. The lowest BCUT2D eigenvalue weighted by Gasteiger charge is -2.09. The van der Waals surface area contributed by atoms with Gasteiger partial charge in [0, 0.05) is 30.1 Å². The SMILES string of the molecule is NCCNC(=O)c1cc(C2CC2)nc2ccccc12. The van der Waals surface area contributed by atoms with Crippen LogP contribution >= 0.6 is 0 Å². The lowest BCUT2D eigenvalue weighted by atomic mass is 10.1. The highest BCUT2D eigenvalue weighted by atomic mass is 16.1. The highest BCUT2D eigenvalue weighted by Gasteiger charge is 2.26. The van der Waals surface area contributed by atoms with Gasteiger partial charge in [0.25, 0.3) is 5.91 Å². The van der Waals surface area contributed by atoms with Crippen LogP contribution in [0, 0.1) is 0 Å². The molecule has 1 amide bonds. The Morgan fingerprint density at radius 2 is 2.16 bits per heavy atom. The predicted molar refractivity (Wildman–Crippen MR) is 75.1 cm³/mol. The fourth-order valence-corrected chi connectivity index (χ4v) is 2.25. The smallest absolute Gasteiger partial charge is 0.252 e. The first-order valence-corrected chi connectivity index (χ1v) is 6.67. The summed E-state index contributed by atoms with van der Waals surface area (Å²) in [5.41, 5.74) is 8.07. The summed E-state index contributed by atoms with van der Waals surface area (Å²) in [4.78, 5) is 16.9. The first-order valence-electron chi connectivity index (χ1n) is 6.67. The molecule has 1 aromatic carbocycles. The molecule has 98 valence electrons. The van der Waals surface area contributed by atoms with E-state index in [0.29, 0.717) is 24.6 Å². The molecule has 1 aliphatic rings. The lowest BCUT2D eigenvalue weighted by molar-refractivity contribution is 0.0956. The summed E-state index contributed by atoms with van der Waals surface area (Å²) in [5.74, 6) is 0.469. The van der Waals surface area contributed by atoms with Gasteiger partial charge < -0.3 is 11.1 Å². The molecule has 0 radical (unpaired) electrons. The number of hydrogen-bond acceptors (Lipinski definition) is 3. The number of amides is 1. The zero-order valence-electron chi connectivity index (χ0n) is 10.7. The van der Waals surface area contributed by atoms with Gasteiger partial charge in [-0.25, -0.2) is 0 Å². The van der Waals surface area contributed by atoms with Crippen LogP contribution in [0.25, 0.3) is 10.9 Å². The number of nitrogens with one attached hydrogen (secondary N) is 1. The molecule has 0 unspecified atom stereocenters. The summed E-state index contributed by atoms with van der Waals surface area (Å²) in [5, 5.41) is 3.74. The predicted octanol–water partition coefficient (Wildman–Crippen LogP) is 1.80. The Morgan fingerprint density at radius 1 is 1.37 bits per heavy atom. The molecule has 19 heavy (non-hydrogen) atoms. The van der Waals surface area contributed by atoms with E-state index in [1.165, 1.54) is 12.8 Å². The quantitative estimate of drug-likeness (QED) is 0.875. The van der Waals surface area contributed by atoms with Gasteiger partial charge in [-0.1, -0.05) is 18.2 Å². The summed E-state index contributed by atoms with van der Waals surface area (Å²) in [6, 6.07) is 9.72. The second-order valence-corrected chi connectivity index (χ2v) is 4.93. The number of fused-ring (bicyclic) bond motifs is 1. The summed E-state index contributed by atoms with van der Waals surface area (Å²) in [6.45, 7) is 0.943. The Kier molecular flexibility index (Phi) is 3.17. The standard InChI is InChI=1S/C15H17N3O/c16-7-8-17-15(19)12-9-14(10-5-6-10)18-13-4-2-1-3-11(12)13/h1-4,9-10H,5-8,16H2,(H,17,19). The molecule has 4 nitrogen and oxygen atoms in total. The van der Waals surface area contributed by atoms with Crippen molar-refractivity contribution in [2.75, 3.05) is 13.1 Å². The molecule has 1 aromatic heterocycles. The van der Waals surface area contributed by atoms with Gasteiger partial charge >= 0.3 is 0 Å². The van der Waals surface area contributed by atoms with Gasteiger partial charge in [-0.2, -0.15) is 0 Å². The number of pyridine rings is 1. The molecule has 2 aromatic rings. The Bertz CT molecular complexity index is 620. The molecular formula is C15H17N3O. The van der Waals surface area contributed by atoms with Gasteiger partial charge in [-0.05, 0) is 25.0 Å². The molecule has 0 atom stereocenters. The highest BCUT2D eigenvalue weighted by molar-refractivity contribution is 6.06. The van der Waals surface area contributed by atoms with Crippen LogP contribution in [0.4, 0.5) is 0 Å². The Labute approximate surface area is 112 Å². The largest absolute Gasteiger partial charge is 0.351 e. The average Bonchev–Trinajstić information content (AvgIpc) is 3.28. The third-order valence-corrected chi connectivity index (χ3v) is 3.41. The molecule has 3 N–H and O–H groups in total. The second-order valence-electron chi connectivity index (χ2n) is 4.93. The van der Waals surface area contributed by atoms with Crippen molar-refractivity contribution in [1.29, 1.82) is 0 Å². The second kappa shape index (κ2) is 4.97. The normalized spacial score (nSPS) is 14.6. The number of benzene rings is 1. The molecule has 1 fully saturated rings. The first kappa shape index (κ1) is 12.1. The van der Waals surface area contributed by atoms with Crippen molar-refractivity contribution < 1.29 is 4.79 Å². The minimum absolute atomic E-state index is 0.0639. The Balaban J connectivity index is 2.06. The number of rotatable bonds is 4. The summed E-state index contributed by atoms with van der Waals surface area (Å²) in [6.07, 6.45) is 2.35. The maximum absolute atomic E-state index is 12.2. The van der Waals surface area contributed by atoms with Gasteiger partial charge in [0.05, 0.1) is 11.1 Å². The van der Waals surface area contributed by atoms with Crippen LogP contribution in [0.15, 0.2) is 30.3 Å². The summed E-state index contributed by atoms with van der Waals surface area (Å²) in [7, 11) is 0. The molecule has 0 aliphatic heterocycles. The average molecular weight is 255 g/mol. The number of carbonyl (C=O) groups excluding carboxylic acids is 1. The molecule has 0 spiro atoms. The minimum Gasteiger partial charge on any atom is -0.351 e. The Morgan fingerprint density at radius 3 is 2.89 bits per heavy atom.